The highest BCUT2D eigenvalue weighted by Gasteiger charge is 2.30. The largest absolute Gasteiger partial charge is 0.467 e. The third-order valence-corrected chi connectivity index (χ3v) is 3.28. The normalized spacial score (nSPS) is 12.1. The number of nitrogens with zero attached hydrogens (tertiary/aromatic N) is 1. The summed E-state index contributed by atoms with van der Waals surface area (Å²) in [5, 5.41) is 12.6. The maximum atomic E-state index is 12.2. The van der Waals surface area contributed by atoms with Gasteiger partial charge in [0.2, 0.25) is 5.88 Å². The number of rotatable bonds is 7. The summed E-state index contributed by atoms with van der Waals surface area (Å²) in [6.45, 7) is 2.01. The molecule has 1 amide bonds. The summed E-state index contributed by atoms with van der Waals surface area (Å²) in [5.74, 6) is -1.04. The molecule has 5 nitrogen and oxygen atoms in total. The van der Waals surface area contributed by atoms with Gasteiger partial charge < -0.3 is 15.2 Å². The molecule has 1 heterocycles. The van der Waals surface area contributed by atoms with Crippen LogP contribution in [0.1, 0.15) is 37.0 Å². The molecule has 124 valence electrons. The molecule has 0 unspecified atom stereocenters. The molecule has 0 fully saturated rings. The first-order valence-electron chi connectivity index (χ1n) is 6.86. The number of pyridine rings is 1. The van der Waals surface area contributed by atoms with Crippen LogP contribution in [0.15, 0.2) is 18.3 Å². The van der Waals surface area contributed by atoms with Crippen molar-refractivity contribution in [3.05, 3.63) is 23.9 Å². The number of aliphatic hydroxyl groups is 1. The zero-order valence-corrected chi connectivity index (χ0v) is 12.4. The lowest BCUT2D eigenvalue weighted by atomic mass is 9.97. The molecule has 0 aliphatic carbocycles. The lowest BCUT2D eigenvalue weighted by Gasteiger charge is -2.25. The number of hydrogen-bond acceptors (Lipinski definition) is 4. The number of halogens is 3. The van der Waals surface area contributed by atoms with Crippen molar-refractivity contribution >= 4 is 5.91 Å². The third kappa shape index (κ3) is 5.51. The van der Waals surface area contributed by atoms with Crippen LogP contribution >= 0.6 is 0 Å². The molecule has 2 N–H and O–H groups in total. The van der Waals surface area contributed by atoms with E-state index in [0.29, 0.717) is 12.8 Å². The van der Waals surface area contributed by atoms with Crippen LogP contribution in [-0.2, 0) is 0 Å². The standard InChI is InChI=1S/C14H19F3N2O3/c1-3-13(21,4-2)8-19-11(20)10-6-5-7-18-12(10)22-9-14(15,16)17/h5-7,21H,3-4,8-9H2,1-2H3,(H,19,20). The summed E-state index contributed by atoms with van der Waals surface area (Å²) in [4.78, 5) is 15.7. The van der Waals surface area contributed by atoms with Crippen LogP contribution in [-0.4, -0.2) is 40.9 Å². The Labute approximate surface area is 126 Å². The van der Waals surface area contributed by atoms with E-state index >= 15 is 0 Å². The van der Waals surface area contributed by atoms with Crippen molar-refractivity contribution in [2.75, 3.05) is 13.2 Å². The lowest BCUT2D eigenvalue weighted by molar-refractivity contribution is -0.154. The zero-order valence-electron chi connectivity index (χ0n) is 12.4. The number of carbonyl (C=O) groups is 1. The van der Waals surface area contributed by atoms with Crippen LogP contribution in [0.25, 0.3) is 0 Å². The van der Waals surface area contributed by atoms with Gasteiger partial charge in [0.15, 0.2) is 6.61 Å². The molecule has 0 aromatic carbocycles. The first-order valence-corrected chi connectivity index (χ1v) is 6.86. The minimum Gasteiger partial charge on any atom is -0.467 e. The molecular weight excluding hydrogens is 301 g/mol. The van der Waals surface area contributed by atoms with Crippen LogP contribution in [0.4, 0.5) is 13.2 Å². The summed E-state index contributed by atoms with van der Waals surface area (Å²) in [6.07, 6.45) is -2.41. The van der Waals surface area contributed by atoms with Crippen LogP contribution < -0.4 is 10.1 Å². The molecule has 1 rings (SSSR count). The van der Waals surface area contributed by atoms with Crippen LogP contribution in [0.3, 0.4) is 0 Å². The predicted molar refractivity (Wildman–Crippen MR) is 73.7 cm³/mol. The van der Waals surface area contributed by atoms with E-state index in [1.807, 2.05) is 0 Å². The van der Waals surface area contributed by atoms with Crippen molar-refractivity contribution in [3.8, 4) is 5.88 Å². The Morgan fingerprint density at radius 1 is 1.36 bits per heavy atom. The number of amides is 1. The van der Waals surface area contributed by atoms with Gasteiger partial charge in [-0.1, -0.05) is 13.8 Å². The first kappa shape index (κ1) is 18.2. The number of alkyl halides is 3. The highest BCUT2D eigenvalue weighted by atomic mass is 19.4. The molecule has 0 radical (unpaired) electrons. The summed E-state index contributed by atoms with van der Waals surface area (Å²) in [7, 11) is 0. The van der Waals surface area contributed by atoms with Gasteiger partial charge in [-0.3, -0.25) is 4.79 Å². The van der Waals surface area contributed by atoms with Gasteiger partial charge in [-0.15, -0.1) is 0 Å². The summed E-state index contributed by atoms with van der Waals surface area (Å²) < 4.78 is 41.1. The molecule has 0 bridgehead atoms. The second kappa shape index (κ2) is 7.44. The highest BCUT2D eigenvalue weighted by molar-refractivity contribution is 5.96. The van der Waals surface area contributed by atoms with Crippen LogP contribution in [0, 0.1) is 0 Å². The first-order chi connectivity index (χ1) is 10.2. The van der Waals surface area contributed by atoms with Gasteiger partial charge in [0, 0.05) is 12.7 Å². The van der Waals surface area contributed by atoms with Crippen molar-refractivity contribution < 1.29 is 27.8 Å². The van der Waals surface area contributed by atoms with Crippen LogP contribution in [0.2, 0.25) is 0 Å². The Morgan fingerprint density at radius 2 is 2.00 bits per heavy atom. The minimum atomic E-state index is -4.52. The van der Waals surface area contributed by atoms with Gasteiger partial charge in [-0.25, -0.2) is 4.98 Å². The number of aromatic nitrogens is 1. The van der Waals surface area contributed by atoms with Crippen molar-refractivity contribution in [1.82, 2.24) is 10.3 Å². The van der Waals surface area contributed by atoms with E-state index in [2.05, 4.69) is 15.0 Å². The molecule has 0 saturated carbocycles. The molecule has 1 aromatic heterocycles. The maximum absolute atomic E-state index is 12.2. The molecule has 0 spiro atoms. The van der Waals surface area contributed by atoms with Gasteiger partial charge in [0.1, 0.15) is 5.56 Å². The zero-order chi connectivity index (χ0) is 16.8. The van der Waals surface area contributed by atoms with E-state index < -0.39 is 30.2 Å². The number of nitrogens with one attached hydrogen (secondary N) is 1. The van der Waals surface area contributed by atoms with Crippen LogP contribution in [0.5, 0.6) is 5.88 Å². The minimum absolute atomic E-state index is 0.00750. The summed E-state index contributed by atoms with van der Waals surface area (Å²) in [5.41, 5.74) is -1.16. The van der Waals surface area contributed by atoms with Gasteiger partial charge in [0.05, 0.1) is 5.60 Å². The average Bonchev–Trinajstić information content (AvgIpc) is 2.50. The smallest absolute Gasteiger partial charge is 0.422 e. The van der Waals surface area contributed by atoms with E-state index in [-0.39, 0.29) is 12.1 Å². The molecule has 8 heteroatoms. The van der Waals surface area contributed by atoms with E-state index in [1.54, 1.807) is 13.8 Å². The molecule has 0 aliphatic rings. The summed E-state index contributed by atoms with van der Waals surface area (Å²) in [6, 6.07) is 2.73. The van der Waals surface area contributed by atoms with E-state index in [0.717, 1.165) is 0 Å². The second-order valence-electron chi connectivity index (χ2n) is 4.87. The summed E-state index contributed by atoms with van der Waals surface area (Å²) >= 11 is 0. The molecule has 22 heavy (non-hydrogen) atoms. The fourth-order valence-corrected chi connectivity index (χ4v) is 1.67. The number of carbonyl (C=O) groups excluding carboxylic acids is 1. The van der Waals surface area contributed by atoms with Gasteiger partial charge in [-0.2, -0.15) is 13.2 Å². The predicted octanol–water partition coefficient (Wildman–Crippen LogP) is 2.30. The lowest BCUT2D eigenvalue weighted by Crippen LogP contribution is -2.42. The van der Waals surface area contributed by atoms with E-state index in [9.17, 15) is 23.1 Å². The average molecular weight is 320 g/mol. The quantitative estimate of drug-likeness (QED) is 0.809. The van der Waals surface area contributed by atoms with Gasteiger partial charge >= 0.3 is 6.18 Å². The number of ether oxygens (including phenoxy) is 1. The van der Waals surface area contributed by atoms with Crippen molar-refractivity contribution in [2.45, 2.75) is 38.5 Å². The Balaban J connectivity index is 2.77. The van der Waals surface area contributed by atoms with E-state index in [1.165, 1.54) is 18.3 Å². The molecular formula is C14H19F3N2O3. The Hall–Kier alpha value is -1.83. The maximum Gasteiger partial charge on any atom is 0.422 e. The van der Waals surface area contributed by atoms with Gasteiger partial charge in [-0.05, 0) is 25.0 Å². The fraction of sp³-hybridized carbons (Fsp3) is 0.571. The Kier molecular flexibility index (Phi) is 6.16. The van der Waals surface area contributed by atoms with Crippen molar-refractivity contribution in [1.29, 1.82) is 0 Å². The fourth-order valence-electron chi connectivity index (χ4n) is 1.67. The van der Waals surface area contributed by atoms with Gasteiger partial charge in [0.25, 0.3) is 5.91 Å². The monoisotopic (exact) mass is 320 g/mol. The Bertz CT molecular complexity index is 502. The van der Waals surface area contributed by atoms with Crippen molar-refractivity contribution in [3.63, 3.8) is 0 Å². The molecule has 0 saturated heterocycles. The third-order valence-electron chi connectivity index (χ3n) is 3.28. The molecule has 1 aromatic rings. The molecule has 0 atom stereocenters. The molecule has 0 aliphatic heterocycles. The van der Waals surface area contributed by atoms with E-state index in [4.69, 9.17) is 0 Å². The second-order valence-corrected chi connectivity index (χ2v) is 4.87. The Morgan fingerprint density at radius 3 is 2.55 bits per heavy atom. The SMILES string of the molecule is CCC(O)(CC)CNC(=O)c1cccnc1OCC(F)(F)F. The topological polar surface area (TPSA) is 71.5 Å². The highest BCUT2D eigenvalue weighted by Crippen LogP contribution is 2.20. The van der Waals surface area contributed by atoms with Crippen molar-refractivity contribution in [2.24, 2.45) is 0 Å². The number of hydrogen-bond donors (Lipinski definition) is 2.